The first kappa shape index (κ1) is 29.9. The minimum Gasteiger partial charge on any atom is -0.659 e. The molecular formula is C34H39N5Pt. The standard InChI is InChI=1S/C25H26N4.C9H13N.Pt/c1-15-17-10-7-8-12-19(17)24(26-15)20-13-16-9-5-6-11-18(16)23(27-20)21-14-22(29-28-21)25(2,3)4;1-9(2,3)8-4-6-10-7-5-8;/h5-6,9,11,13-14H,7-8,10,12H2,1-4H3;4-7H,1-3H3;/q-2;;+2. The van der Waals surface area contributed by atoms with Crippen LogP contribution < -0.4 is 10.1 Å². The van der Waals surface area contributed by atoms with E-state index >= 15 is 0 Å². The van der Waals surface area contributed by atoms with Crippen LogP contribution in [0.15, 0.2) is 60.9 Å². The first-order valence-electron chi connectivity index (χ1n) is 14.0. The zero-order chi connectivity index (χ0) is 27.8. The van der Waals surface area contributed by atoms with Crippen molar-refractivity contribution in [1.82, 2.24) is 25.1 Å². The predicted octanol–water partition coefficient (Wildman–Crippen LogP) is 7.74. The van der Waals surface area contributed by atoms with Gasteiger partial charge < -0.3 is 15.2 Å². The van der Waals surface area contributed by atoms with E-state index in [4.69, 9.17) is 9.97 Å². The Hall–Kier alpha value is -3.04. The second-order valence-corrected chi connectivity index (χ2v) is 12.6. The van der Waals surface area contributed by atoms with Gasteiger partial charge in [0.15, 0.2) is 0 Å². The maximum atomic E-state index is 5.09. The van der Waals surface area contributed by atoms with E-state index in [1.54, 1.807) is 0 Å². The van der Waals surface area contributed by atoms with Crippen LogP contribution in [0.4, 0.5) is 0 Å². The minimum atomic E-state index is -0.0396. The summed E-state index contributed by atoms with van der Waals surface area (Å²) in [5.74, 6) is 0. The maximum absolute atomic E-state index is 5.09. The van der Waals surface area contributed by atoms with Gasteiger partial charge in [-0.2, -0.15) is 5.69 Å². The Morgan fingerprint density at radius 3 is 2.10 bits per heavy atom. The molecule has 4 heterocycles. The molecule has 0 bridgehead atoms. The third-order valence-electron chi connectivity index (χ3n) is 7.55. The largest absolute Gasteiger partial charge is 2.00 e. The Kier molecular flexibility index (Phi) is 8.85. The van der Waals surface area contributed by atoms with Gasteiger partial charge in [-0.15, -0.1) is 5.69 Å². The topological polar surface area (TPSA) is 66.9 Å². The van der Waals surface area contributed by atoms with Gasteiger partial charge >= 0.3 is 21.1 Å². The fraction of sp³-hybridized carbons (Fsp3) is 0.382. The van der Waals surface area contributed by atoms with Crippen LogP contribution in [0, 0.1) is 6.92 Å². The number of aromatic nitrogens is 5. The molecule has 1 aliphatic rings. The molecule has 0 saturated carbocycles. The van der Waals surface area contributed by atoms with E-state index in [9.17, 15) is 0 Å². The molecule has 0 spiro atoms. The Labute approximate surface area is 252 Å². The Balaban J connectivity index is 0.000000287. The second kappa shape index (κ2) is 11.8. The smallest absolute Gasteiger partial charge is 0.659 e. The number of fused-ring (bicyclic) bond motifs is 2. The van der Waals surface area contributed by atoms with Crippen LogP contribution in [0.3, 0.4) is 0 Å². The predicted molar refractivity (Wildman–Crippen MR) is 160 cm³/mol. The SMILES string of the molecule is CC(C)(C)c1ccncc1.Cc1[n-]c(-c2cc3ccccc3c(-c3cc(C(C)(C)C)n[n-]3)n2)c2c1CCCC2.[Pt+2]. The van der Waals surface area contributed by atoms with Crippen LogP contribution in [0.5, 0.6) is 0 Å². The van der Waals surface area contributed by atoms with Crippen LogP contribution in [0.25, 0.3) is 33.5 Å². The van der Waals surface area contributed by atoms with Crippen molar-refractivity contribution in [2.45, 2.75) is 85.0 Å². The number of hydrogen-bond donors (Lipinski definition) is 0. The second-order valence-electron chi connectivity index (χ2n) is 12.6. The molecule has 6 heteroatoms. The van der Waals surface area contributed by atoms with Crippen molar-refractivity contribution in [3.63, 3.8) is 0 Å². The Morgan fingerprint density at radius 1 is 0.800 bits per heavy atom. The van der Waals surface area contributed by atoms with E-state index in [0.717, 1.165) is 57.8 Å². The summed E-state index contributed by atoms with van der Waals surface area (Å²) in [5.41, 5.74) is 10.3. The van der Waals surface area contributed by atoms with Crippen LogP contribution in [-0.4, -0.2) is 15.1 Å². The molecule has 0 amide bonds. The zero-order valence-corrected chi connectivity index (χ0v) is 26.9. The molecular weight excluding hydrogens is 673 g/mol. The van der Waals surface area contributed by atoms with Crippen molar-refractivity contribution in [2.75, 3.05) is 0 Å². The monoisotopic (exact) mass is 712 g/mol. The first-order chi connectivity index (χ1) is 18.5. The minimum absolute atomic E-state index is 0. The van der Waals surface area contributed by atoms with E-state index < -0.39 is 0 Å². The van der Waals surface area contributed by atoms with Crippen LogP contribution in [0.1, 0.15) is 82.5 Å². The number of nitrogens with zero attached hydrogens (tertiary/aromatic N) is 5. The summed E-state index contributed by atoms with van der Waals surface area (Å²) in [6.07, 6.45) is 8.39. The summed E-state index contributed by atoms with van der Waals surface area (Å²) in [4.78, 5) is 14.0. The van der Waals surface area contributed by atoms with E-state index in [-0.39, 0.29) is 31.9 Å². The molecule has 5 nitrogen and oxygen atoms in total. The average molecular weight is 713 g/mol. The average Bonchev–Trinajstić information content (AvgIpc) is 3.54. The fourth-order valence-electron chi connectivity index (χ4n) is 5.22. The van der Waals surface area contributed by atoms with Gasteiger partial charge in [0.05, 0.1) is 5.69 Å². The Bertz CT molecular complexity index is 1580. The summed E-state index contributed by atoms with van der Waals surface area (Å²) in [6, 6.07) is 16.8. The van der Waals surface area contributed by atoms with Gasteiger partial charge in [0, 0.05) is 34.6 Å². The Morgan fingerprint density at radius 2 is 1.48 bits per heavy atom. The molecule has 6 rings (SSSR count). The molecule has 40 heavy (non-hydrogen) atoms. The molecule has 0 radical (unpaired) electrons. The molecule has 210 valence electrons. The van der Waals surface area contributed by atoms with Crippen molar-refractivity contribution in [3.05, 3.63) is 89.0 Å². The first-order valence-corrected chi connectivity index (χ1v) is 14.0. The van der Waals surface area contributed by atoms with E-state index in [1.165, 1.54) is 29.5 Å². The summed E-state index contributed by atoms with van der Waals surface area (Å²) < 4.78 is 0. The third-order valence-corrected chi connectivity index (χ3v) is 7.55. The van der Waals surface area contributed by atoms with Gasteiger partial charge in [-0.3, -0.25) is 9.97 Å². The molecule has 1 aromatic carbocycles. The third kappa shape index (κ3) is 6.31. The number of aryl methyl sites for hydroxylation is 1. The summed E-state index contributed by atoms with van der Waals surface area (Å²) in [5, 5.41) is 11.2. The van der Waals surface area contributed by atoms with Gasteiger partial charge in [-0.05, 0) is 60.2 Å². The molecule has 0 N–H and O–H groups in total. The van der Waals surface area contributed by atoms with Gasteiger partial charge in [-0.25, -0.2) is 0 Å². The van der Waals surface area contributed by atoms with Crippen molar-refractivity contribution in [2.24, 2.45) is 0 Å². The quantitative estimate of drug-likeness (QED) is 0.188. The molecule has 5 aromatic rings. The zero-order valence-electron chi connectivity index (χ0n) is 24.7. The van der Waals surface area contributed by atoms with Crippen molar-refractivity contribution in [1.29, 1.82) is 0 Å². The molecule has 0 unspecified atom stereocenters. The molecule has 1 aliphatic carbocycles. The van der Waals surface area contributed by atoms with Gasteiger partial charge in [0.1, 0.15) is 0 Å². The normalized spacial score (nSPS) is 13.3. The van der Waals surface area contributed by atoms with Crippen LogP contribution in [-0.2, 0) is 44.7 Å². The van der Waals surface area contributed by atoms with E-state index in [1.807, 2.05) is 12.4 Å². The summed E-state index contributed by atoms with van der Waals surface area (Å²) >= 11 is 0. The maximum Gasteiger partial charge on any atom is 2.00 e. The molecule has 0 fully saturated rings. The number of rotatable bonds is 2. The molecule has 0 atom stereocenters. The number of benzene rings is 1. The fourth-order valence-corrected chi connectivity index (χ4v) is 5.22. The van der Waals surface area contributed by atoms with Gasteiger partial charge in [0.2, 0.25) is 0 Å². The van der Waals surface area contributed by atoms with Gasteiger partial charge in [0.25, 0.3) is 0 Å². The van der Waals surface area contributed by atoms with E-state index in [2.05, 4.69) is 112 Å². The van der Waals surface area contributed by atoms with Crippen LogP contribution in [0.2, 0.25) is 0 Å². The summed E-state index contributed by atoms with van der Waals surface area (Å²) in [7, 11) is 0. The molecule has 0 aliphatic heterocycles. The summed E-state index contributed by atoms with van der Waals surface area (Å²) in [6.45, 7) is 15.2. The van der Waals surface area contributed by atoms with Gasteiger partial charge in [-0.1, -0.05) is 95.6 Å². The van der Waals surface area contributed by atoms with Crippen molar-refractivity contribution in [3.8, 4) is 22.8 Å². The molecule has 0 saturated heterocycles. The van der Waals surface area contributed by atoms with E-state index in [0.29, 0.717) is 0 Å². The molecule has 4 aromatic heterocycles. The van der Waals surface area contributed by atoms with Crippen molar-refractivity contribution < 1.29 is 21.1 Å². The van der Waals surface area contributed by atoms with Crippen LogP contribution >= 0.6 is 0 Å². The number of hydrogen-bond acceptors (Lipinski definition) is 3. The van der Waals surface area contributed by atoms with Crippen molar-refractivity contribution >= 4 is 10.8 Å². The number of pyridine rings is 2.